The standard InChI is InChI=1S/C12H13N3O3/c1-7-4-5-13-11(10(7)12(16)17)18-9-6-8(2)14-15(9)3/h4-6H,1-3H3,(H,16,17). The molecule has 0 aromatic carbocycles. The van der Waals surface area contributed by atoms with Crippen molar-refractivity contribution in [3.05, 3.63) is 35.2 Å². The van der Waals surface area contributed by atoms with Gasteiger partial charge in [-0.1, -0.05) is 0 Å². The average molecular weight is 247 g/mol. The summed E-state index contributed by atoms with van der Waals surface area (Å²) >= 11 is 0. The number of carboxylic acid groups (broad SMARTS) is 1. The van der Waals surface area contributed by atoms with E-state index in [4.69, 9.17) is 9.84 Å². The molecule has 94 valence electrons. The van der Waals surface area contributed by atoms with Crippen molar-refractivity contribution in [2.45, 2.75) is 13.8 Å². The van der Waals surface area contributed by atoms with Crippen LogP contribution in [0.5, 0.6) is 11.8 Å². The van der Waals surface area contributed by atoms with E-state index in [1.165, 1.54) is 10.9 Å². The average Bonchev–Trinajstić information content (AvgIpc) is 2.57. The number of aromatic nitrogens is 3. The number of hydrogen-bond acceptors (Lipinski definition) is 4. The third-order valence-corrected chi connectivity index (χ3v) is 2.50. The number of carbonyl (C=O) groups is 1. The van der Waals surface area contributed by atoms with Crippen molar-refractivity contribution >= 4 is 5.97 Å². The fraction of sp³-hybridized carbons (Fsp3) is 0.250. The maximum atomic E-state index is 11.2. The molecule has 1 N–H and O–H groups in total. The van der Waals surface area contributed by atoms with E-state index in [0.717, 1.165) is 5.69 Å². The number of pyridine rings is 1. The van der Waals surface area contributed by atoms with Gasteiger partial charge in [0, 0.05) is 19.3 Å². The molecule has 0 amide bonds. The Labute approximate surface area is 104 Å². The van der Waals surface area contributed by atoms with Gasteiger partial charge < -0.3 is 9.84 Å². The van der Waals surface area contributed by atoms with Crippen LogP contribution in [0.25, 0.3) is 0 Å². The van der Waals surface area contributed by atoms with E-state index < -0.39 is 5.97 Å². The lowest BCUT2D eigenvalue weighted by atomic mass is 10.1. The van der Waals surface area contributed by atoms with Crippen molar-refractivity contribution in [2.24, 2.45) is 7.05 Å². The molecule has 2 aromatic heterocycles. The highest BCUT2D eigenvalue weighted by Gasteiger charge is 2.17. The van der Waals surface area contributed by atoms with Crippen molar-refractivity contribution in [1.82, 2.24) is 14.8 Å². The molecule has 6 heteroatoms. The summed E-state index contributed by atoms with van der Waals surface area (Å²) in [5.74, 6) is -0.534. The fourth-order valence-corrected chi connectivity index (χ4v) is 1.65. The van der Waals surface area contributed by atoms with E-state index in [0.29, 0.717) is 11.4 Å². The normalized spacial score (nSPS) is 10.4. The quantitative estimate of drug-likeness (QED) is 0.896. The van der Waals surface area contributed by atoms with Gasteiger partial charge in [-0.2, -0.15) is 5.10 Å². The number of hydrogen-bond donors (Lipinski definition) is 1. The first kappa shape index (κ1) is 12.1. The van der Waals surface area contributed by atoms with Crippen LogP contribution in [0.2, 0.25) is 0 Å². The van der Waals surface area contributed by atoms with Gasteiger partial charge in [0.2, 0.25) is 11.8 Å². The Morgan fingerprint density at radius 3 is 2.72 bits per heavy atom. The predicted octanol–water partition coefficient (Wildman–Crippen LogP) is 1.92. The van der Waals surface area contributed by atoms with Crippen LogP contribution in [0.1, 0.15) is 21.6 Å². The van der Waals surface area contributed by atoms with E-state index in [1.54, 1.807) is 26.1 Å². The number of carboxylic acids is 1. The number of nitrogens with zero attached hydrogens (tertiary/aromatic N) is 3. The third kappa shape index (κ3) is 2.17. The van der Waals surface area contributed by atoms with Gasteiger partial charge in [0.25, 0.3) is 0 Å². The molecule has 0 spiro atoms. The molecule has 0 saturated carbocycles. The number of aromatic carboxylic acids is 1. The zero-order valence-corrected chi connectivity index (χ0v) is 10.3. The molecule has 0 atom stereocenters. The van der Waals surface area contributed by atoms with E-state index in [9.17, 15) is 4.79 Å². The monoisotopic (exact) mass is 247 g/mol. The topological polar surface area (TPSA) is 77.2 Å². The lowest BCUT2D eigenvalue weighted by molar-refractivity contribution is 0.0692. The van der Waals surface area contributed by atoms with Crippen LogP contribution in [0.15, 0.2) is 18.3 Å². The highest BCUT2D eigenvalue weighted by molar-refractivity contribution is 5.91. The SMILES string of the molecule is Cc1cc(Oc2nccc(C)c2C(=O)O)n(C)n1. The fourth-order valence-electron chi connectivity index (χ4n) is 1.65. The zero-order chi connectivity index (χ0) is 13.3. The molecule has 0 saturated heterocycles. The summed E-state index contributed by atoms with van der Waals surface area (Å²) in [6.45, 7) is 3.53. The number of rotatable bonds is 3. The van der Waals surface area contributed by atoms with E-state index in [2.05, 4.69) is 10.1 Å². The number of aryl methyl sites for hydroxylation is 3. The Bertz CT molecular complexity index is 605. The first-order valence-electron chi connectivity index (χ1n) is 5.36. The van der Waals surface area contributed by atoms with Crippen LogP contribution in [-0.2, 0) is 7.05 Å². The van der Waals surface area contributed by atoms with Crippen molar-refractivity contribution in [1.29, 1.82) is 0 Å². The van der Waals surface area contributed by atoms with Gasteiger partial charge in [-0.25, -0.2) is 14.5 Å². The maximum Gasteiger partial charge on any atom is 0.341 e. The molecule has 0 aliphatic heterocycles. The van der Waals surface area contributed by atoms with E-state index in [-0.39, 0.29) is 11.4 Å². The Morgan fingerprint density at radius 2 is 2.17 bits per heavy atom. The first-order chi connectivity index (χ1) is 8.49. The summed E-state index contributed by atoms with van der Waals surface area (Å²) in [6, 6.07) is 3.35. The lowest BCUT2D eigenvalue weighted by Gasteiger charge is -2.08. The van der Waals surface area contributed by atoms with Crippen LogP contribution in [0.4, 0.5) is 0 Å². The molecule has 6 nitrogen and oxygen atoms in total. The summed E-state index contributed by atoms with van der Waals surface area (Å²) in [6.07, 6.45) is 1.51. The van der Waals surface area contributed by atoms with Crippen LogP contribution in [0.3, 0.4) is 0 Å². The van der Waals surface area contributed by atoms with Gasteiger partial charge in [0.05, 0.1) is 5.69 Å². The second-order valence-corrected chi connectivity index (χ2v) is 3.96. The maximum absolute atomic E-state index is 11.2. The largest absolute Gasteiger partial charge is 0.477 e. The van der Waals surface area contributed by atoms with Gasteiger partial charge >= 0.3 is 5.97 Å². The minimum Gasteiger partial charge on any atom is -0.477 e. The molecule has 2 rings (SSSR count). The smallest absolute Gasteiger partial charge is 0.341 e. The highest BCUT2D eigenvalue weighted by atomic mass is 16.5. The highest BCUT2D eigenvalue weighted by Crippen LogP contribution is 2.25. The molecule has 2 aromatic rings. The van der Waals surface area contributed by atoms with Gasteiger partial charge in [0.15, 0.2) is 0 Å². The Hall–Kier alpha value is -2.37. The molecule has 0 aliphatic carbocycles. The van der Waals surface area contributed by atoms with E-state index in [1.807, 2.05) is 6.92 Å². The van der Waals surface area contributed by atoms with Crippen molar-refractivity contribution in [3.63, 3.8) is 0 Å². The number of ether oxygens (including phenoxy) is 1. The summed E-state index contributed by atoms with van der Waals surface area (Å²) < 4.78 is 7.04. The zero-order valence-electron chi connectivity index (χ0n) is 10.3. The molecule has 18 heavy (non-hydrogen) atoms. The minimum atomic E-state index is -1.06. The van der Waals surface area contributed by atoms with Crippen LogP contribution < -0.4 is 4.74 Å². The molecule has 0 fully saturated rings. The van der Waals surface area contributed by atoms with E-state index >= 15 is 0 Å². The Balaban J connectivity index is 2.43. The van der Waals surface area contributed by atoms with Crippen molar-refractivity contribution in [2.75, 3.05) is 0 Å². The second-order valence-electron chi connectivity index (χ2n) is 3.96. The molecule has 2 heterocycles. The summed E-state index contributed by atoms with van der Waals surface area (Å²) in [4.78, 5) is 15.1. The van der Waals surface area contributed by atoms with Crippen LogP contribution in [0, 0.1) is 13.8 Å². The predicted molar refractivity (Wildman–Crippen MR) is 64.0 cm³/mol. The summed E-state index contributed by atoms with van der Waals surface area (Å²) in [5, 5.41) is 13.3. The van der Waals surface area contributed by atoms with Crippen LogP contribution >= 0.6 is 0 Å². The third-order valence-electron chi connectivity index (χ3n) is 2.50. The molecule has 0 bridgehead atoms. The molecule has 0 unspecified atom stereocenters. The Morgan fingerprint density at radius 1 is 1.44 bits per heavy atom. The van der Waals surface area contributed by atoms with Crippen molar-refractivity contribution in [3.8, 4) is 11.8 Å². The summed E-state index contributed by atoms with van der Waals surface area (Å²) in [7, 11) is 1.72. The Kier molecular flexibility index (Phi) is 3.01. The molecular formula is C12H13N3O3. The van der Waals surface area contributed by atoms with Gasteiger partial charge in [-0.15, -0.1) is 0 Å². The first-order valence-corrected chi connectivity index (χ1v) is 5.36. The minimum absolute atomic E-state index is 0.0661. The molecule has 0 aliphatic rings. The van der Waals surface area contributed by atoms with Gasteiger partial charge in [0.1, 0.15) is 5.56 Å². The second kappa shape index (κ2) is 4.48. The van der Waals surface area contributed by atoms with Gasteiger partial charge in [-0.05, 0) is 25.5 Å². The summed E-state index contributed by atoms with van der Waals surface area (Å²) in [5.41, 5.74) is 1.46. The molecule has 0 radical (unpaired) electrons. The van der Waals surface area contributed by atoms with Crippen LogP contribution in [-0.4, -0.2) is 25.8 Å². The lowest BCUT2D eigenvalue weighted by Crippen LogP contribution is -2.06. The molecular weight excluding hydrogens is 234 g/mol. The van der Waals surface area contributed by atoms with Gasteiger partial charge in [-0.3, -0.25) is 0 Å². The van der Waals surface area contributed by atoms with Crippen molar-refractivity contribution < 1.29 is 14.6 Å².